The van der Waals surface area contributed by atoms with Gasteiger partial charge in [0.1, 0.15) is 5.75 Å². The molecule has 15 heavy (non-hydrogen) atoms. The lowest BCUT2D eigenvalue weighted by Crippen LogP contribution is -2.15. The van der Waals surface area contributed by atoms with Crippen LogP contribution in [0.1, 0.15) is 29.2 Å². The lowest BCUT2D eigenvalue weighted by atomic mass is 9.99. The molecule has 0 radical (unpaired) electrons. The van der Waals surface area contributed by atoms with Crippen molar-refractivity contribution in [3.63, 3.8) is 0 Å². The van der Waals surface area contributed by atoms with Crippen LogP contribution in [0.15, 0.2) is 12.1 Å². The maximum absolute atomic E-state index is 10.5. The van der Waals surface area contributed by atoms with Crippen LogP contribution in [0, 0.1) is 13.8 Å². The highest BCUT2D eigenvalue weighted by Gasteiger charge is 2.13. The van der Waals surface area contributed by atoms with Crippen LogP contribution >= 0.6 is 0 Å². The van der Waals surface area contributed by atoms with Gasteiger partial charge in [-0.3, -0.25) is 4.79 Å². The summed E-state index contributed by atoms with van der Waals surface area (Å²) in [6.45, 7) is 3.53. The SMILES string of the molecule is Cc1cc([C@H](N)CC(=O)O)cc(C)c1O. The first kappa shape index (κ1) is 11.5. The van der Waals surface area contributed by atoms with Gasteiger partial charge in [-0.2, -0.15) is 0 Å². The number of benzene rings is 1. The van der Waals surface area contributed by atoms with Crippen LogP contribution in [0.25, 0.3) is 0 Å². The van der Waals surface area contributed by atoms with Crippen LogP contribution in [0.2, 0.25) is 0 Å². The third kappa shape index (κ3) is 2.70. The molecule has 0 spiro atoms. The zero-order chi connectivity index (χ0) is 11.6. The van der Waals surface area contributed by atoms with E-state index in [4.69, 9.17) is 10.8 Å². The number of hydrogen-bond acceptors (Lipinski definition) is 3. The zero-order valence-corrected chi connectivity index (χ0v) is 8.82. The molecule has 0 aliphatic carbocycles. The van der Waals surface area contributed by atoms with E-state index in [1.807, 2.05) is 0 Å². The molecule has 0 bridgehead atoms. The van der Waals surface area contributed by atoms with Gasteiger partial charge in [0, 0.05) is 6.04 Å². The summed E-state index contributed by atoms with van der Waals surface area (Å²) in [4.78, 5) is 10.5. The Kier molecular flexibility index (Phi) is 3.31. The maximum atomic E-state index is 10.5. The monoisotopic (exact) mass is 209 g/mol. The Labute approximate surface area is 88.3 Å². The number of phenolic OH excluding ortho intramolecular Hbond substituents is 1. The van der Waals surface area contributed by atoms with E-state index in [1.165, 1.54) is 0 Å². The second-order valence-corrected chi connectivity index (χ2v) is 3.71. The van der Waals surface area contributed by atoms with Crippen LogP contribution in [0.5, 0.6) is 5.75 Å². The first-order chi connectivity index (χ1) is 6.91. The first-order valence-electron chi connectivity index (χ1n) is 4.69. The molecular formula is C11H15NO3. The molecule has 1 aromatic carbocycles. The molecule has 0 fully saturated rings. The number of carboxylic acid groups (broad SMARTS) is 1. The Balaban J connectivity index is 3.00. The molecule has 0 saturated heterocycles. The summed E-state index contributed by atoms with van der Waals surface area (Å²) in [7, 11) is 0. The van der Waals surface area contributed by atoms with Gasteiger partial charge in [-0.05, 0) is 30.5 Å². The topological polar surface area (TPSA) is 83.6 Å². The number of carbonyl (C=O) groups is 1. The molecule has 0 saturated carbocycles. The summed E-state index contributed by atoms with van der Waals surface area (Å²) in [5.41, 5.74) is 7.89. The van der Waals surface area contributed by atoms with Crippen molar-refractivity contribution in [1.82, 2.24) is 0 Å². The van der Waals surface area contributed by atoms with Crippen LogP contribution < -0.4 is 5.73 Å². The summed E-state index contributed by atoms with van der Waals surface area (Å²) in [6.07, 6.45) is -0.107. The number of aliphatic carboxylic acids is 1. The van der Waals surface area contributed by atoms with Gasteiger partial charge in [-0.15, -0.1) is 0 Å². The molecule has 4 nitrogen and oxygen atoms in total. The Morgan fingerprint density at radius 3 is 2.27 bits per heavy atom. The van der Waals surface area contributed by atoms with E-state index in [0.29, 0.717) is 11.1 Å². The van der Waals surface area contributed by atoms with E-state index in [9.17, 15) is 9.90 Å². The Morgan fingerprint density at radius 1 is 1.40 bits per heavy atom. The molecule has 0 aliphatic rings. The van der Waals surface area contributed by atoms with Gasteiger partial charge in [0.2, 0.25) is 0 Å². The standard InChI is InChI=1S/C11H15NO3/c1-6-3-8(4-7(2)11(6)15)9(12)5-10(13)14/h3-4,9,15H,5,12H2,1-2H3,(H,13,14)/t9-/m1/s1. The average Bonchev–Trinajstić information content (AvgIpc) is 2.12. The fourth-order valence-corrected chi connectivity index (χ4v) is 1.51. The van der Waals surface area contributed by atoms with E-state index in [-0.39, 0.29) is 12.2 Å². The Hall–Kier alpha value is -1.55. The Bertz CT molecular complexity index is 364. The molecule has 0 aromatic heterocycles. The number of phenols is 1. The van der Waals surface area contributed by atoms with Gasteiger partial charge in [0.15, 0.2) is 0 Å². The molecule has 4 heteroatoms. The van der Waals surface area contributed by atoms with Crippen LogP contribution in [0.4, 0.5) is 0 Å². The third-order valence-electron chi connectivity index (χ3n) is 2.34. The molecule has 4 N–H and O–H groups in total. The minimum atomic E-state index is -0.925. The van der Waals surface area contributed by atoms with Gasteiger partial charge in [-0.25, -0.2) is 0 Å². The number of aromatic hydroxyl groups is 1. The van der Waals surface area contributed by atoms with Crippen molar-refractivity contribution >= 4 is 5.97 Å². The number of nitrogens with two attached hydrogens (primary N) is 1. The van der Waals surface area contributed by atoms with E-state index in [2.05, 4.69) is 0 Å². The van der Waals surface area contributed by atoms with Crippen molar-refractivity contribution < 1.29 is 15.0 Å². The van der Waals surface area contributed by atoms with Crippen molar-refractivity contribution in [2.75, 3.05) is 0 Å². The first-order valence-corrected chi connectivity index (χ1v) is 4.69. The largest absolute Gasteiger partial charge is 0.507 e. The molecule has 1 rings (SSSR count). The number of rotatable bonds is 3. The van der Waals surface area contributed by atoms with Crippen LogP contribution in [-0.2, 0) is 4.79 Å². The quantitative estimate of drug-likeness (QED) is 0.704. The molecular weight excluding hydrogens is 194 g/mol. The summed E-state index contributed by atoms with van der Waals surface area (Å²) < 4.78 is 0. The number of aryl methyl sites for hydroxylation is 2. The van der Waals surface area contributed by atoms with Crippen molar-refractivity contribution in [1.29, 1.82) is 0 Å². The third-order valence-corrected chi connectivity index (χ3v) is 2.34. The number of carboxylic acids is 1. The van der Waals surface area contributed by atoms with Crippen LogP contribution in [-0.4, -0.2) is 16.2 Å². The Morgan fingerprint density at radius 2 is 1.87 bits per heavy atom. The summed E-state index contributed by atoms with van der Waals surface area (Å²) in [5, 5.41) is 18.1. The predicted molar refractivity (Wildman–Crippen MR) is 56.8 cm³/mol. The number of hydrogen-bond donors (Lipinski definition) is 3. The fraction of sp³-hybridized carbons (Fsp3) is 0.364. The summed E-state index contributed by atoms with van der Waals surface area (Å²) in [5.74, 6) is -0.688. The highest BCUT2D eigenvalue weighted by atomic mass is 16.4. The normalized spacial score (nSPS) is 12.5. The molecule has 1 atom stereocenters. The molecule has 82 valence electrons. The lowest BCUT2D eigenvalue weighted by molar-refractivity contribution is -0.137. The highest BCUT2D eigenvalue weighted by molar-refractivity contribution is 5.68. The zero-order valence-electron chi connectivity index (χ0n) is 8.82. The van der Waals surface area contributed by atoms with Crippen LogP contribution in [0.3, 0.4) is 0 Å². The molecule has 1 aromatic rings. The molecule has 0 heterocycles. The lowest BCUT2D eigenvalue weighted by Gasteiger charge is -2.12. The van der Waals surface area contributed by atoms with Crippen molar-refractivity contribution in [2.24, 2.45) is 5.73 Å². The molecule has 0 amide bonds. The molecule has 0 unspecified atom stereocenters. The highest BCUT2D eigenvalue weighted by Crippen LogP contribution is 2.26. The van der Waals surface area contributed by atoms with Gasteiger partial charge in [-0.1, -0.05) is 12.1 Å². The minimum absolute atomic E-state index is 0.107. The van der Waals surface area contributed by atoms with Gasteiger partial charge < -0.3 is 15.9 Å². The van der Waals surface area contributed by atoms with E-state index in [1.54, 1.807) is 26.0 Å². The second-order valence-electron chi connectivity index (χ2n) is 3.71. The van der Waals surface area contributed by atoms with E-state index >= 15 is 0 Å². The van der Waals surface area contributed by atoms with Crippen molar-refractivity contribution in [3.8, 4) is 5.75 Å². The van der Waals surface area contributed by atoms with Gasteiger partial charge >= 0.3 is 5.97 Å². The summed E-state index contributed by atoms with van der Waals surface area (Å²) in [6, 6.07) is 2.91. The summed E-state index contributed by atoms with van der Waals surface area (Å²) >= 11 is 0. The van der Waals surface area contributed by atoms with Crippen molar-refractivity contribution in [3.05, 3.63) is 28.8 Å². The van der Waals surface area contributed by atoms with Crippen molar-refractivity contribution in [2.45, 2.75) is 26.3 Å². The smallest absolute Gasteiger partial charge is 0.305 e. The minimum Gasteiger partial charge on any atom is -0.507 e. The predicted octanol–water partition coefficient (Wildman–Crippen LogP) is 1.48. The average molecular weight is 209 g/mol. The molecule has 0 aliphatic heterocycles. The van der Waals surface area contributed by atoms with Gasteiger partial charge in [0.25, 0.3) is 0 Å². The fourth-order valence-electron chi connectivity index (χ4n) is 1.51. The van der Waals surface area contributed by atoms with E-state index < -0.39 is 12.0 Å². The van der Waals surface area contributed by atoms with E-state index in [0.717, 1.165) is 5.56 Å². The van der Waals surface area contributed by atoms with Gasteiger partial charge in [0.05, 0.1) is 6.42 Å². The maximum Gasteiger partial charge on any atom is 0.305 e. The second kappa shape index (κ2) is 4.31.